The number of methoxy groups -OCH3 is 1. The first-order valence-corrected chi connectivity index (χ1v) is 9.32. The fraction of sp³-hybridized carbons (Fsp3) is 0.762. The van der Waals surface area contributed by atoms with Gasteiger partial charge in [-0.25, -0.2) is 0 Å². The summed E-state index contributed by atoms with van der Waals surface area (Å²) in [6, 6.07) is 0. The van der Waals surface area contributed by atoms with Crippen LogP contribution < -0.4 is 0 Å². The van der Waals surface area contributed by atoms with Crippen LogP contribution in [0.15, 0.2) is 22.3 Å². The first kappa shape index (κ1) is 17.0. The summed E-state index contributed by atoms with van der Waals surface area (Å²) in [4.78, 5) is 12.9. The van der Waals surface area contributed by atoms with Crippen molar-refractivity contribution in [3.8, 4) is 0 Å². The number of carbonyl (C=O) groups excluding carboxylic acids is 1. The maximum absolute atomic E-state index is 12.9. The van der Waals surface area contributed by atoms with Gasteiger partial charge < -0.3 is 4.74 Å². The van der Waals surface area contributed by atoms with Crippen LogP contribution in [0.2, 0.25) is 0 Å². The molecule has 0 bridgehead atoms. The van der Waals surface area contributed by atoms with Gasteiger partial charge in [0.05, 0.1) is 6.61 Å². The molecule has 1 saturated carbocycles. The number of rotatable bonds is 3. The Balaban J connectivity index is 2.05. The van der Waals surface area contributed by atoms with E-state index in [2.05, 4.69) is 27.7 Å². The normalized spacial score (nSPS) is 34.8. The van der Waals surface area contributed by atoms with Crippen molar-refractivity contribution in [2.75, 3.05) is 13.7 Å². The average molecular weight is 316 g/mol. The highest BCUT2D eigenvalue weighted by molar-refractivity contribution is 5.84. The molecule has 0 aliphatic heterocycles. The maximum atomic E-state index is 12.9. The van der Waals surface area contributed by atoms with Crippen LogP contribution in [0.4, 0.5) is 0 Å². The van der Waals surface area contributed by atoms with Gasteiger partial charge in [-0.3, -0.25) is 4.79 Å². The number of carbonyl (C=O) groups is 1. The molecule has 128 valence electrons. The van der Waals surface area contributed by atoms with Gasteiger partial charge in [-0.1, -0.05) is 44.4 Å². The lowest BCUT2D eigenvalue weighted by Crippen LogP contribution is -2.30. The number of hydrogen-bond donors (Lipinski definition) is 0. The van der Waals surface area contributed by atoms with E-state index in [0.717, 1.165) is 25.9 Å². The minimum Gasteiger partial charge on any atom is -0.380 e. The van der Waals surface area contributed by atoms with Gasteiger partial charge in [0.15, 0.2) is 0 Å². The maximum Gasteiger partial charge on any atom is 0.140 e. The molecule has 23 heavy (non-hydrogen) atoms. The quantitative estimate of drug-likeness (QED) is 0.678. The van der Waals surface area contributed by atoms with E-state index in [0.29, 0.717) is 24.0 Å². The van der Waals surface area contributed by atoms with E-state index in [-0.39, 0.29) is 11.3 Å². The van der Waals surface area contributed by atoms with Crippen LogP contribution in [0.25, 0.3) is 0 Å². The fourth-order valence-corrected chi connectivity index (χ4v) is 5.31. The Hall–Kier alpha value is -0.890. The number of fused-ring (bicyclic) bond motifs is 2. The number of ketones is 1. The van der Waals surface area contributed by atoms with Gasteiger partial charge in [-0.05, 0) is 54.9 Å². The second-order valence-electron chi connectivity index (χ2n) is 8.53. The molecule has 0 amide bonds. The Kier molecular flexibility index (Phi) is 4.57. The van der Waals surface area contributed by atoms with Crippen LogP contribution in [-0.2, 0) is 9.53 Å². The Morgan fingerprint density at radius 1 is 1.30 bits per heavy atom. The Morgan fingerprint density at radius 3 is 2.70 bits per heavy atom. The van der Waals surface area contributed by atoms with Crippen LogP contribution in [0.3, 0.4) is 0 Å². The molecule has 3 aliphatic rings. The minimum absolute atomic E-state index is 0.172. The van der Waals surface area contributed by atoms with Crippen molar-refractivity contribution >= 4 is 5.78 Å². The standard InChI is InChI=1S/C21H32O2/c1-13(2)16-8-9-21(4)11-18-15(12-23-5)6-7-17(18)14(3)20(22)10-19(16)21/h13-14,17H,6-12H2,1-5H3/t14-,17+,21-/m1/s1. The summed E-state index contributed by atoms with van der Waals surface area (Å²) in [6.07, 6.45) is 6.52. The van der Waals surface area contributed by atoms with Gasteiger partial charge in [0.25, 0.3) is 0 Å². The zero-order valence-corrected chi connectivity index (χ0v) is 15.5. The molecular weight excluding hydrogens is 284 g/mol. The summed E-state index contributed by atoms with van der Waals surface area (Å²) in [5.41, 5.74) is 6.30. The predicted molar refractivity (Wildman–Crippen MR) is 94.2 cm³/mol. The van der Waals surface area contributed by atoms with E-state index in [4.69, 9.17) is 4.74 Å². The molecule has 0 N–H and O–H groups in total. The summed E-state index contributed by atoms with van der Waals surface area (Å²) in [6.45, 7) is 9.89. The SMILES string of the molecule is COCC1=C2C[C@@]3(C)CCC(C(C)C)=C3CC(=O)[C@H](C)[C@@H]2CC1. The molecule has 2 heteroatoms. The summed E-state index contributed by atoms with van der Waals surface area (Å²) in [7, 11) is 1.79. The smallest absolute Gasteiger partial charge is 0.140 e. The van der Waals surface area contributed by atoms with Crippen molar-refractivity contribution in [3.63, 3.8) is 0 Å². The van der Waals surface area contributed by atoms with Crippen molar-refractivity contribution in [1.82, 2.24) is 0 Å². The zero-order chi connectivity index (χ0) is 16.8. The van der Waals surface area contributed by atoms with Crippen LogP contribution in [-0.4, -0.2) is 19.5 Å². The summed E-state index contributed by atoms with van der Waals surface area (Å²) in [5, 5.41) is 0. The molecule has 3 atom stereocenters. The Labute approximate surface area is 141 Å². The molecule has 0 spiro atoms. The molecule has 0 radical (unpaired) electrons. The number of allylic oxidation sites excluding steroid dienone is 3. The van der Waals surface area contributed by atoms with Crippen LogP contribution in [0.5, 0.6) is 0 Å². The van der Waals surface area contributed by atoms with Crippen molar-refractivity contribution in [2.45, 2.75) is 66.2 Å². The van der Waals surface area contributed by atoms with Gasteiger partial charge in [0.1, 0.15) is 5.78 Å². The van der Waals surface area contributed by atoms with Gasteiger partial charge in [0.2, 0.25) is 0 Å². The van der Waals surface area contributed by atoms with Crippen molar-refractivity contribution < 1.29 is 9.53 Å². The van der Waals surface area contributed by atoms with Crippen molar-refractivity contribution in [3.05, 3.63) is 22.3 Å². The largest absolute Gasteiger partial charge is 0.380 e. The molecule has 1 fully saturated rings. The third-order valence-electron chi connectivity index (χ3n) is 6.78. The highest BCUT2D eigenvalue weighted by atomic mass is 16.5. The zero-order valence-electron chi connectivity index (χ0n) is 15.5. The van der Waals surface area contributed by atoms with Gasteiger partial charge >= 0.3 is 0 Å². The number of ether oxygens (including phenoxy) is 1. The first-order chi connectivity index (χ1) is 10.9. The molecule has 0 aromatic carbocycles. The highest BCUT2D eigenvalue weighted by Crippen LogP contribution is 2.55. The monoisotopic (exact) mass is 316 g/mol. The summed E-state index contributed by atoms with van der Waals surface area (Å²) in [5.74, 6) is 1.67. The van der Waals surface area contributed by atoms with E-state index in [1.54, 1.807) is 18.3 Å². The van der Waals surface area contributed by atoms with Crippen molar-refractivity contribution in [2.24, 2.45) is 23.2 Å². The summed E-state index contributed by atoms with van der Waals surface area (Å²) < 4.78 is 5.46. The second-order valence-corrected chi connectivity index (χ2v) is 8.53. The molecule has 2 nitrogen and oxygen atoms in total. The van der Waals surface area contributed by atoms with Gasteiger partial charge in [-0.2, -0.15) is 0 Å². The average Bonchev–Trinajstić information content (AvgIpc) is 3.01. The molecule has 3 aliphatic carbocycles. The second kappa shape index (κ2) is 6.20. The predicted octanol–water partition coefficient (Wildman–Crippen LogP) is 5.09. The topological polar surface area (TPSA) is 26.3 Å². The number of hydrogen-bond acceptors (Lipinski definition) is 2. The highest BCUT2D eigenvalue weighted by Gasteiger charge is 2.45. The summed E-state index contributed by atoms with van der Waals surface area (Å²) >= 11 is 0. The first-order valence-electron chi connectivity index (χ1n) is 9.32. The molecule has 0 heterocycles. The minimum atomic E-state index is 0.172. The van der Waals surface area contributed by atoms with Crippen LogP contribution in [0, 0.1) is 23.2 Å². The van der Waals surface area contributed by atoms with E-state index < -0.39 is 0 Å². The number of Topliss-reactive ketones (excluding diaryl/α,β-unsaturated/α-hetero) is 1. The third kappa shape index (κ3) is 2.84. The van der Waals surface area contributed by atoms with E-state index in [9.17, 15) is 4.79 Å². The van der Waals surface area contributed by atoms with E-state index in [1.807, 2.05) is 0 Å². The third-order valence-corrected chi connectivity index (χ3v) is 6.78. The van der Waals surface area contributed by atoms with Gasteiger partial charge in [0, 0.05) is 19.4 Å². The van der Waals surface area contributed by atoms with Gasteiger partial charge in [-0.15, -0.1) is 0 Å². The lowest BCUT2D eigenvalue weighted by Gasteiger charge is -2.36. The van der Waals surface area contributed by atoms with Crippen LogP contribution >= 0.6 is 0 Å². The molecule has 0 saturated heterocycles. The molecule has 3 rings (SSSR count). The van der Waals surface area contributed by atoms with Crippen molar-refractivity contribution in [1.29, 1.82) is 0 Å². The molecule has 0 aromatic rings. The fourth-order valence-electron chi connectivity index (χ4n) is 5.31. The van der Waals surface area contributed by atoms with E-state index >= 15 is 0 Å². The lowest BCUT2D eigenvalue weighted by molar-refractivity contribution is -0.123. The molecule has 0 aromatic heterocycles. The lowest BCUT2D eigenvalue weighted by atomic mass is 9.67. The van der Waals surface area contributed by atoms with E-state index in [1.165, 1.54) is 24.0 Å². The molecular formula is C21H32O2. The Bertz CT molecular complexity index is 566. The van der Waals surface area contributed by atoms with Crippen LogP contribution in [0.1, 0.15) is 66.2 Å². The molecule has 0 unspecified atom stereocenters. The Morgan fingerprint density at radius 2 is 2.04 bits per heavy atom.